The Labute approximate surface area is 119 Å². The van der Waals surface area contributed by atoms with Gasteiger partial charge in [0.1, 0.15) is 0 Å². The minimum atomic E-state index is 0.146. The zero-order chi connectivity index (χ0) is 14.4. The van der Waals surface area contributed by atoms with Crippen LogP contribution in [0.15, 0.2) is 24.3 Å². The van der Waals surface area contributed by atoms with Gasteiger partial charge in [-0.1, -0.05) is 18.2 Å². The number of para-hydroxylation sites is 1. The Morgan fingerprint density at radius 2 is 2.10 bits per heavy atom. The molecule has 2 rings (SSSR count). The van der Waals surface area contributed by atoms with Crippen molar-refractivity contribution >= 4 is 10.9 Å². The molecule has 1 aromatic heterocycles. The monoisotopic (exact) mass is 277 g/mol. The van der Waals surface area contributed by atoms with E-state index in [-0.39, 0.29) is 6.10 Å². The molecule has 1 aromatic carbocycles. The summed E-state index contributed by atoms with van der Waals surface area (Å²) in [5, 5.41) is 9.25. The quantitative estimate of drug-likeness (QED) is 0.748. The van der Waals surface area contributed by atoms with Crippen LogP contribution in [-0.2, 0) is 22.6 Å². The lowest BCUT2D eigenvalue weighted by atomic mass is 10.2. The van der Waals surface area contributed by atoms with Crippen molar-refractivity contribution in [3.05, 3.63) is 30.0 Å². The van der Waals surface area contributed by atoms with Crippen molar-refractivity contribution in [2.45, 2.75) is 26.1 Å². The second-order valence-electron chi connectivity index (χ2n) is 4.86. The van der Waals surface area contributed by atoms with Crippen LogP contribution < -0.4 is 5.32 Å². The van der Waals surface area contributed by atoms with Crippen molar-refractivity contribution in [3.8, 4) is 0 Å². The summed E-state index contributed by atoms with van der Waals surface area (Å²) in [5.74, 6) is 0. The van der Waals surface area contributed by atoms with E-state index < -0.39 is 0 Å². The molecular weight excluding hydrogens is 254 g/mol. The van der Waals surface area contributed by atoms with Crippen molar-refractivity contribution in [2.24, 2.45) is 0 Å². The third-order valence-electron chi connectivity index (χ3n) is 3.34. The van der Waals surface area contributed by atoms with E-state index in [1.807, 2.05) is 23.7 Å². The number of hydrogen-bond donors (Lipinski definition) is 1. The first-order chi connectivity index (χ1) is 9.76. The molecule has 1 atom stereocenters. The third kappa shape index (κ3) is 3.56. The predicted molar refractivity (Wildman–Crippen MR) is 79.8 cm³/mol. The van der Waals surface area contributed by atoms with Crippen LogP contribution in [0, 0.1) is 0 Å². The molecule has 110 valence electrons. The molecule has 5 heteroatoms. The molecular formula is C15H23N3O2. The minimum absolute atomic E-state index is 0.146. The fourth-order valence-corrected chi connectivity index (χ4v) is 2.17. The lowest BCUT2D eigenvalue weighted by Gasteiger charge is -2.10. The Morgan fingerprint density at radius 3 is 2.85 bits per heavy atom. The number of methoxy groups -OCH3 is 2. The molecule has 0 radical (unpaired) electrons. The number of nitrogens with one attached hydrogen (secondary N) is 1. The van der Waals surface area contributed by atoms with Gasteiger partial charge in [0, 0.05) is 32.7 Å². The van der Waals surface area contributed by atoms with Gasteiger partial charge in [-0.25, -0.2) is 0 Å². The lowest BCUT2D eigenvalue weighted by Crippen LogP contribution is -2.19. The molecule has 1 N–H and O–H groups in total. The second-order valence-corrected chi connectivity index (χ2v) is 4.86. The second kappa shape index (κ2) is 7.38. The van der Waals surface area contributed by atoms with Gasteiger partial charge in [-0.3, -0.25) is 4.68 Å². The molecule has 0 bridgehead atoms. The number of rotatable bonds is 8. The van der Waals surface area contributed by atoms with Gasteiger partial charge in [-0.2, -0.15) is 5.10 Å². The highest BCUT2D eigenvalue weighted by molar-refractivity contribution is 5.81. The lowest BCUT2D eigenvalue weighted by molar-refractivity contribution is 0.101. The van der Waals surface area contributed by atoms with Crippen LogP contribution in [0.2, 0.25) is 0 Å². The van der Waals surface area contributed by atoms with Gasteiger partial charge >= 0.3 is 0 Å². The fourth-order valence-electron chi connectivity index (χ4n) is 2.17. The van der Waals surface area contributed by atoms with E-state index in [4.69, 9.17) is 14.6 Å². The van der Waals surface area contributed by atoms with Crippen molar-refractivity contribution in [1.82, 2.24) is 15.1 Å². The number of fused-ring (bicyclic) bond motifs is 1. The smallest absolute Gasteiger partial charge is 0.0841 e. The Balaban J connectivity index is 2.17. The van der Waals surface area contributed by atoms with E-state index in [1.54, 1.807) is 14.2 Å². The first kappa shape index (κ1) is 15.0. The van der Waals surface area contributed by atoms with Gasteiger partial charge in [-0.05, 0) is 13.0 Å². The van der Waals surface area contributed by atoms with Gasteiger partial charge in [-0.15, -0.1) is 0 Å². The molecule has 20 heavy (non-hydrogen) atoms. The van der Waals surface area contributed by atoms with Gasteiger partial charge in [0.2, 0.25) is 0 Å². The van der Waals surface area contributed by atoms with E-state index in [2.05, 4.69) is 17.4 Å². The fraction of sp³-hybridized carbons (Fsp3) is 0.533. The summed E-state index contributed by atoms with van der Waals surface area (Å²) in [6.07, 6.45) is 0.146. The molecule has 5 nitrogen and oxygen atoms in total. The van der Waals surface area contributed by atoms with E-state index in [0.29, 0.717) is 6.61 Å². The van der Waals surface area contributed by atoms with Crippen LogP contribution in [0.1, 0.15) is 12.6 Å². The first-order valence-electron chi connectivity index (χ1n) is 6.93. The van der Waals surface area contributed by atoms with Crippen LogP contribution in [0.4, 0.5) is 0 Å². The molecule has 0 spiro atoms. The van der Waals surface area contributed by atoms with E-state index >= 15 is 0 Å². The molecule has 1 unspecified atom stereocenters. The summed E-state index contributed by atoms with van der Waals surface area (Å²) >= 11 is 0. The summed E-state index contributed by atoms with van der Waals surface area (Å²) in [7, 11) is 3.43. The maximum atomic E-state index is 5.33. The molecule has 0 aliphatic heterocycles. The first-order valence-corrected chi connectivity index (χ1v) is 6.93. The van der Waals surface area contributed by atoms with E-state index in [9.17, 15) is 0 Å². The van der Waals surface area contributed by atoms with E-state index in [1.165, 1.54) is 5.39 Å². The van der Waals surface area contributed by atoms with Crippen LogP contribution in [0.25, 0.3) is 10.9 Å². The van der Waals surface area contributed by atoms with Crippen LogP contribution in [0.5, 0.6) is 0 Å². The van der Waals surface area contributed by atoms with Crippen LogP contribution >= 0.6 is 0 Å². The zero-order valence-corrected chi connectivity index (χ0v) is 12.4. The molecule has 2 aromatic rings. The van der Waals surface area contributed by atoms with E-state index in [0.717, 1.165) is 30.8 Å². The maximum Gasteiger partial charge on any atom is 0.0841 e. The normalized spacial score (nSPS) is 12.9. The van der Waals surface area contributed by atoms with Crippen molar-refractivity contribution in [1.29, 1.82) is 0 Å². The highest BCUT2D eigenvalue weighted by Gasteiger charge is 2.11. The van der Waals surface area contributed by atoms with Crippen molar-refractivity contribution in [3.63, 3.8) is 0 Å². The Hall–Kier alpha value is -1.43. The average Bonchev–Trinajstić information content (AvgIpc) is 2.82. The number of ether oxygens (including phenoxy) is 2. The highest BCUT2D eigenvalue weighted by atomic mass is 16.5. The molecule has 0 aliphatic carbocycles. The van der Waals surface area contributed by atoms with Gasteiger partial charge in [0.15, 0.2) is 0 Å². The highest BCUT2D eigenvalue weighted by Crippen LogP contribution is 2.18. The van der Waals surface area contributed by atoms with Crippen LogP contribution in [0.3, 0.4) is 0 Å². The Kier molecular flexibility index (Phi) is 5.52. The van der Waals surface area contributed by atoms with Gasteiger partial charge < -0.3 is 14.8 Å². The zero-order valence-electron chi connectivity index (χ0n) is 12.4. The van der Waals surface area contributed by atoms with Gasteiger partial charge in [0.05, 0.1) is 30.5 Å². The van der Waals surface area contributed by atoms with Gasteiger partial charge in [0.25, 0.3) is 0 Å². The summed E-state index contributed by atoms with van der Waals surface area (Å²) in [4.78, 5) is 0. The standard InChI is InChI=1S/C15H23N3O2/c1-12(20-3)11-18-15-7-5-4-6-13(15)14(17-18)10-16-8-9-19-2/h4-7,12,16H,8-11H2,1-3H3. The third-order valence-corrected chi connectivity index (χ3v) is 3.34. The average molecular weight is 277 g/mol. The molecule has 0 fully saturated rings. The Morgan fingerprint density at radius 1 is 1.30 bits per heavy atom. The number of nitrogens with zero attached hydrogens (tertiary/aromatic N) is 2. The summed E-state index contributed by atoms with van der Waals surface area (Å²) in [5.41, 5.74) is 2.22. The van der Waals surface area contributed by atoms with Crippen LogP contribution in [-0.4, -0.2) is 43.3 Å². The molecule has 0 saturated carbocycles. The Bertz CT molecular complexity index is 539. The predicted octanol–water partition coefficient (Wildman–Crippen LogP) is 1.81. The summed E-state index contributed by atoms with van der Waals surface area (Å²) in [6.45, 7) is 5.09. The summed E-state index contributed by atoms with van der Waals surface area (Å²) in [6, 6.07) is 8.31. The molecule has 0 amide bonds. The number of aromatic nitrogens is 2. The molecule has 0 saturated heterocycles. The molecule has 1 heterocycles. The maximum absolute atomic E-state index is 5.33. The largest absolute Gasteiger partial charge is 0.383 e. The number of hydrogen-bond acceptors (Lipinski definition) is 4. The SMILES string of the molecule is COCCNCc1nn(CC(C)OC)c2ccccc12. The minimum Gasteiger partial charge on any atom is -0.383 e. The van der Waals surface area contributed by atoms with Crippen molar-refractivity contribution in [2.75, 3.05) is 27.4 Å². The topological polar surface area (TPSA) is 48.3 Å². The van der Waals surface area contributed by atoms with Crippen molar-refractivity contribution < 1.29 is 9.47 Å². The molecule has 0 aliphatic rings. The summed E-state index contributed by atoms with van der Waals surface area (Å²) < 4.78 is 12.4. The number of benzene rings is 1.